The number of hydrogen-bond donors (Lipinski definition) is 1. The van der Waals surface area contributed by atoms with Crippen molar-refractivity contribution in [2.24, 2.45) is 0 Å². The van der Waals surface area contributed by atoms with Gasteiger partial charge < -0.3 is 15.0 Å². The van der Waals surface area contributed by atoms with E-state index in [1.54, 1.807) is 23.2 Å². The number of rotatable bonds is 4. The first-order valence-electron chi connectivity index (χ1n) is 11.0. The van der Waals surface area contributed by atoms with Crippen molar-refractivity contribution >= 4 is 17.5 Å². The molecule has 8 heteroatoms. The fraction of sp³-hybridized carbons (Fsp3) is 0.320. The van der Waals surface area contributed by atoms with E-state index in [9.17, 15) is 4.79 Å². The molecule has 0 bridgehead atoms. The Morgan fingerprint density at radius 2 is 1.79 bits per heavy atom. The molecule has 2 aliphatic rings. The maximum Gasteiger partial charge on any atom is 0.260 e. The smallest absolute Gasteiger partial charge is 0.260 e. The average Bonchev–Trinajstić information content (AvgIpc) is 3.16. The van der Waals surface area contributed by atoms with Crippen molar-refractivity contribution in [3.05, 3.63) is 64.6 Å². The minimum Gasteiger partial charge on any atom is -0.496 e. The minimum absolute atomic E-state index is 0.163. The van der Waals surface area contributed by atoms with Crippen LogP contribution in [0.15, 0.2) is 36.5 Å². The van der Waals surface area contributed by atoms with Gasteiger partial charge in [0.1, 0.15) is 23.2 Å². The summed E-state index contributed by atoms with van der Waals surface area (Å²) in [6.45, 7) is 7.61. The molecule has 0 aliphatic carbocycles. The highest BCUT2D eigenvalue weighted by molar-refractivity contribution is 6.10. The van der Waals surface area contributed by atoms with Crippen molar-refractivity contribution in [3.63, 3.8) is 0 Å². The van der Waals surface area contributed by atoms with Crippen LogP contribution in [0.3, 0.4) is 0 Å². The van der Waals surface area contributed by atoms with Crippen LogP contribution in [0, 0.1) is 19.7 Å². The van der Waals surface area contributed by atoms with E-state index in [1.165, 1.54) is 13.2 Å². The Kier molecular flexibility index (Phi) is 5.46. The highest BCUT2D eigenvalue weighted by atomic mass is 19.1. The van der Waals surface area contributed by atoms with E-state index in [0.29, 0.717) is 28.4 Å². The molecule has 1 saturated heterocycles. The first-order chi connectivity index (χ1) is 16.0. The zero-order valence-electron chi connectivity index (χ0n) is 19.0. The number of aromatic nitrogens is 2. The third-order valence-corrected chi connectivity index (χ3v) is 6.16. The Morgan fingerprint density at radius 3 is 2.55 bits per heavy atom. The summed E-state index contributed by atoms with van der Waals surface area (Å²) in [4.78, 5) is 26.5. The molecule has 0 radical (unpaired) electrons. The largest absolute Gasteiger partial charge is 0.496 e. The summed E-state index contributed by atoms with van der Waals surface area (Å²) in [5.74, 6) is 1.26. The summed E-state index contributed by atoms with van der Waals surface area (Å²) in [5.41, 5.74) is 3.66. The molecule has 0 atom stereocenters. The topological polar surface area (TPSA) is 70.6 Å². The van der Waals surface area contributed by atoms with Crippen LogP contribution in [0.5, 0.6) is 5.75 Å². The van der Waals surface area contributed by atoms with Gasteiger partial charge in [-0.3, -0.25) is 14.7 Å². The molecule has 2 aromatic heterocycles. The van der Waals surface area contributed by atoms with Crippen molar-refractivity contribution in [2.45, 2.75) is 20.4 Å². The molecule has 1 amide bonds. The minimum atomic E-state index is -0.423. The Labute approximate surface area is 192 Å². The van der Waals surface area contributed by atoms with Gasteiger partial charge in [-0.2, -0.15) is 0 Å². The van der Waals surface area contributed by atoms with Crippen molar-refractivity contribution < 1.29 is 13.9 Å². The fourth-order valence-electron chi connectivity index (χ4n) is 4.55. The van der Waals surface area contributed by atoms with Crippen molar-refractivity contribution in [1.82, 2.24) is 15.3 Å². The maximum atomic E-state index is 15.0. The van der Waals surface area contributed by atoms with Crippen LogP contribution in [0.25, 0.3) is 11.3 Å². The zero-order valence-corrected chi connectivity index (χ0v) is 19.0. The summed E-state index contributed by atoms with van der Waals surface area (Å²) in [6, 6.07) is 8.87. The zero-order chi connectivity index (χ0) is 23.1. The number of ether oxygens (including phenoxy) is 1. The first kappa shape index (κ1) is 21.3. The standard InChI is InChI=1S/C25H26FN5O2/c1-15-10-19(26)23(20(11-15)33-3)24-18-14-31(25(32)17(18)4-5-28-24)22-13-16(2)12-21(29-22)30-8-6-27-7-9-30/h4-5,10-13,27H,6-9,14H2,1-3H3. The molecule has 7 nitrogen and oxygen atoms in total. The van der Waals surface area contributed by atoms with Crippen LogP contribution in [-0.4, -0.2) is 49.2 Å². The quantitative estimate of drug-likeness (QED) is 0.661. The molecule has 1 fully saturated rings. The lowest BCUT2D eigenvalue weighted by molar-refractivity contribution is 0.0996. The fourth-order valence-corrected chi connectivity index (χ4v) is 4.55. The van der Waals surface area contributed by atoms with E-state index in [-0.39, 0.29) is 18.0 Å². The highest BCUT2D eigenvalue weighted by Crippen LogP contribution is 2.39. The predicted octanol–water partition coefficient (Wildman–Crippen LogP) is 3.48. The number of piperazine rings is 1. The molecule has 4 heterocycles. The summed E-state index contributed by atoms with van der Waals surface area (Å²) in [6.07, 6.45) is 1.55. The number of amides is 1. The van der Waals surface area contributed by atoms with Gasteiger partial charge in [-0.15, -0.1) is 0 Å². The second-order valence-corrected chi connectivity index (χ2v) is 8.50. The molecule has 0 spiro atoms. The van der Waals surface area contributed by atoms with Crippen LogP contribution >= 0.6 is 0 Å². The molecule has 2 aliphatic heterocycles. The SMILES string of the molecule is COc1cc(C)cc(F)c1-c1nccc2c1CN(c1cc(C)cc(N3CCNCC3)n1)C2=O. The van der Waals surface area contributed by atoms with E-state index >= 15 is 4.39 Å². The second-order valence-electron chi connectivity index (χ2n) is 8.50. The molecule has 5 rings (SSSR count). The number of nitrogens with one attached hydrogen (secondary N) is 1. The van der Waals surface area contributed by atoms with Gasteiger partial charge in [0.2, 0.25) is 0 Å². The Hall–Kier alpha value is -3.52. The van der Waals surface area contributed by atoms with Gasteiger partial charge >= 0.3 is 0 Å². The Morgan fingerprint density at radius 1 is 1.06 bits per heavy atom. The van der Waals surface area contributed by atoms with Crippen LogP contribution < -0.4 is 19.9 Å². The summed E-state index contributed by atoms with van der Waals surface area (Å²) in [5, 5.41) is 3.35. The number of halogens is 1. The maximum absolute atomic E-state index is 15.0. The lowest BCUT2D eigenvalue weighted by Gasteiger charge is -2.29. The Bertz CT molecular complexity index is 1240. The number of hydrogen-bond acceptors (Lipinski definition) is 6. The molecule has 33 heavy (non-hydrogen) atoms. The summed E-state index contributed by atoms with van der Waals surface area (Å²) >= 11 is 0. The van der Waals surface area contributed by atoms with Gasteiger partial charge in [-0.25, -0.2) is 9.37 Å². The summed E-state index contributed by atoms with van der Waals surface area (Å²) in [7, 11) is 1.51. The Balaban J connectivity index is 1.56. The highest BCUT2D eigenvalue weighted by Gasteiger charge is 2.34. The average molecular weight is 448 g/mol. The number of aryl methyl sites for hydroxylation is 2. The number of benzene rings is 1. The third kappa shape index (κ3) is 3.80. The van der Waals surface area contributed by atoms with Gasteiger partial charge in [-0.1, -0.05) is 0 Å². The second kappa shape index (κ2) is 8.44. The summed E-state index contributed by atoms with van der Waals surface area (Å²) < 4.78 is 20.5. The van der Waals surface area contributed by atoms with Crippen LogP contribution in [-0.2, 0) is 6.54 Å². The molecule has 170 valence electrons. The monoisotopic (exact) mass is 447 g/mol. The van der Waals surface area contributed by atoms with Gasteiger partial charge in [-0.05, 0) is 55.3 Å². The van der Waals surface area contributed by atoms with E-state index < -0.39 is 5.82 Å². The van der Waals surface area contributed by atoms with E-state index in [2.05, 4.69) is 15.2 Å². The number of pyridine rings is 2. The van der Waals surface area contributed by atoms with Gasteiger partial charge in [0, 0.05) is 43.5 Å². The van der Waals surface area contributed by atoms with Gasteiger partial charge in [0.25, 0.3) is 5.91 Å². The molecule has 0 saturated carbocycles. The lowest BCUT2D eigenvalue weighted by Crippen LogP contribution is -2.44. The molecule has 0 unspecified atom stereocenters. The molecular weight excluding hydrogens is 421 g/mol. The number of nitrogens with zero attached hydrogens (tertiary/aromatic N) is 4. The van der Waals surface area contributed by atoms with Crippen molar-refractivity contribution in [3.8, 4) is 17.0 Å². The third-order valence-electron chi connectivity index (χ3n) is 6.16. The van der Waals surface area contributed by atoms with Crippen molar-refractivity contribution in [1.29, 1.82) is 0 Å². The predicted molar refractivity (Wildman–Crippen MR) is 125 cm³/mol. The van der Waals surface area contributed by atoms with Gasteiger partial charge in [0.05, 0.1) is 24.9 Å². The van der Waals surface area contributed by atoms with Crippen LogP contribution in [0.1, 0.15) is 27.0 Å². The number of anilines is 2. The number of fused-ring (bicyclic) bond motifs is 1. The molecule has 1 aromatic carbocycles. The number of methoxy groups -OCH3 is 1. The van der Waals surface area contributed by atoms with Crippen LogP contribution in [0.4, 0.5) is 16.0 Å². The van der Waals surface area contributed by atoms with Crippen molar-refractivity contribution in [2.75, 3.05) is 43.1 Å². The molecule has 3 aromatic rings. The van der Waals surface area contributed by atoms with Crippen LogP contribution in [0.2, 0.25) is 0 Å². The number of carbonyl (C=O) groups excluding carboxylic acids is 1. The molecular formula is C25H26FN5O2. The van der Waals surface area contributed by atoms with Gasteiger partial charge in [0.15, 0.2) is 0 Å². The van der Waals surface area contributed by atoms with E-state index in [1.807, 2.05) is 26.0 Å². The van der Waals surface area contributed by atoms with E-state index in [4.69, 9.17) is 9.72 Å². The lowest BCUT2D eigenvalue weighted by atomic mass is 10.0. The number of carbonyl (C=O) groups is 1. The first-order valence-corrected chi connectivity index (χ1v) is 11.0. The molecule has 1 N–H and O–H groups in total. The van der Waals surface area contributed by atoms with E-state index in [0.717, 1.165) is 43.1 Å². The normalized spacial score (nSPS) is 15.7.